The molecule has 1 heterocycles. The van der Waals surface area contributed by atoms with Crippen molar-refractivity contribution in [2.45, 2.75) is 0 Å². The topological polar surface area (TPSA) is 105 Å². The molecule has 2 aromatic rings. The minimum atomic E-state index is -3.07. The Bertz CT molecular complexity index is 719. The average molecular weight is 281 g/mol. The fraction of sp³-hybridized carbons (Fsp3) is 0.250. The first kappa shape index (κ1) is 13.4. The van der Waals surface area contributed by atoms with Crippen LogP contribution in [0.3, 0.4) is 0 Å². The Kier molecular flexibility index (Phi) is 3.48. The van der Waals surface area contributed by atoms with Crippen molar-refractivity contribution in [3.63, 3.8) is 0 Å². The van der Waals surface area contributed by atoms with Crippen molar-refractivity contribution in [1.82, 2.24) is 10.3 Å². The highest BCUT2D eigenvalue weighted by atomic mass is 32.2. The summed E-state index contributed by atoms with van der Waals surface area (Å²) >= 11 is 0. The van der Waals surface area contributed by atoms with E-state index < -0.39 is 9.84 Å². The number of sulfone groups is 1. The SMILES string of the molecule is CS(=O)(=O)CCNC(=O)c1cc2cc(N)ccc2[nH]1. The van der Waals surface area contributed by atoms with E-state index in [1.165, 1.54) is 0 Å². The normalized spacial score (nSPS) is 11.6. The molecule has 1 aromatic carbocycles. The first-order valence-corrected chi connectivity index (χ1v) is 7.75. The highest BCUT2D eigenvalue weighted by molar-refractivity contribution is 7.90. The Balaban J connectivity index is 2.09. The highest BCUT2D eigenvalue weighted by Crippen LogP contribution is 2.18. The van der Waals surface area contributed by atoms with Crippen molar-refractivity contribution in [3.8, 4) is 0 Å². The maximum atomic E-state index is 11.8. The van der Waals surface area contributed by atoms with Gasteiger partial charge in [0.15, 0.2) is 0 Å². The van der Waals surface area contributed by atoms with Gasteiger partial charge in [-0.3, -0.25) is 4.79 Å². The monoisotopic (exact) mass is 281 g/mol. The number of amides is 1. The van der Waals surface area contributed by atoms with Crippen LogP contribution in [-0.2, 0) is 9.84 Å². The van der Waals surface area contributed by atoms with E-state index in [2.05, 4.69) is 10.3 Å². The van der Waals surface area contributed by atoms with Gasteiger partial charge in [0.2, 0.25) is 0 Å². The van der Waals surface area contributed by atoms with Gasteiger partial charge in [0.1, 0.15) is 15.5 Å². The summed E-state index contributed by atoms with van der Waals surface area (Å²) in [6.45, 7) is 0.0924. The molecular weight excluding hydrogens is 266 g/mol. The van der Waals surface area contributed by atoms with Crippen molar-refractivity contribution in [2.24, 2.45) is 0 Å². The van der Waals surface area contributed by atoms with Gasteiger partial charge in [0.05, 0.1) is 5.75 Å². The lowest BCUT2D eigenvalue weighted by Gasteiger charge is -2.01. The lowest BCUT2D eigenvalue weighted by molar-refractivity contribution is 0.0952. The van der Waals surface area contributed by atoms with Crippen molar-refractivity contribution < 1.29 is 13.2 Å². The number of aromatic nitrogens is 1. The van der Waals surface area contributed by atoms with Crippen LogP contribution in [0.2, 0.25) is 0 Å². The number of nitrogens with one attached hydrogen (secondary N) is 2. The molecule has 19 heavy (non-hydrogen) atoms. The number of hydrogen-bond acceptors (Lipinski definition) is 4. The van der Waals surface area contributed by atoms with E-state index in [1.54, 1.807) is 24.3 Å². The van der Waals surface area contributed by atoms with Crippen LogP contribution in [-0.4, -0.2) is 37.9 Å². The molecule has 7 heteroatoms. The van der Waals surface area contributed by atoms with Crippen molar-refractivity contribution >= 4 is 32.3 Å². The zero-order valence-electron chi connectivity index (χ0n) is 10.4. The quantitative estimate of drug-likeness (QED) is 0.711. The van der Waals surface area contributed by atoms with Crippen LogP contribution in [0.25, 0.3) is 10.9 Å². The summed E-state index contributed by atoms with van der Waals surface area (Å²) in [4.78, 5) is 14.8. The Morgan fingerprint density at radius 2 is 2.11 bits per heavy atom. The second kappa shape index (κ2) is 4.93. The van der Waals surface area contributed by atoms with Gasteiger partial charge in [0, 0.05) is 29.4 Å². The van der Waals surface area contributed by atoms with Gasteiger partial charge in [-0.15, -0.1) is 0 Å². The molecule has 4 N–H and O–H groups in total. The van der Waals surface area contributed by atoms with Crippen LogP contribution in [0.5, 0.6) is 0 Å². The molecule has 0 unspecified atom stereocenters. The van der Waals surface area contributed by atoms with E-state index in [0.717, 1.165) is 17.2 Å². The van der Waals surface area contributed by atoms with Gasteiger partial charge in [-0.25, -0.2) is 8.42 Å². The van der Waals surface area contributed by atoms with Gasteiger partial charge in [-0.1, -0.05) is 0 Å². The summed E-state index contributed by atoms with van der Waals surface area (Å²) in [6, 6.07) is 6.97. The number of aromatic amines is 1. The number of carbonyl (C=O) groups is 1. The Morgan fingerprint density at radius 3 is 2.79 bits per heavy atom. The third-order valence-corrected chi connectivity index (χ3v) is 3.59. The molecule has 6 nitrogen and oxygen atoms in total. The second-order valence-electron chi connectivity index (χ2n) is 4.42. The number of nitrogens with two attached hydrogens (primary N) is 1. The number of rotatable bonds is 4. The molecule has 0 saturated carbocycles. The fourth-order valence-corrected chi connectivity index (χ4v) is 2.19. The summed E-state index contributed by atoms with van der Waals surface area (Å²) in [5, 5.41) is 3.39. The lowest BCUT2D eigenvalue weighted by Crippen LogP contribution is -2.28. The smallest absolute Gasteiger partial charge is 0.267 e. The molecule has 1 amide bonds. The van der Waals surface area contributed by atoms with E-state index in [-0.39, 0.29) is 18.2 Å². The summed E-state index contributed by atoms with van der Waals surface area (Å²) in [6.07, 6.45) is 1.13. The number of benzene rings is 1. The number of nitrogen functional groups attached to an aromatic ring is 1. The summed E-state index contributed by atoms with van der Waals surface area (Å²) in [5.41, 5.74) is 7.47. The van der Waals surface area contributed by atoms with E-state index >= 15 is 0 Å². The Hall–Kier alpha value is -2.02. The van der Waals surface area contributed by atoms with E-state index in [9.17, 15) is 13.2 Å². The molecule has 0 aliphatic carbocycles. The molecule has 0 aliphatic heterocycles. The molecule has 1 aromatic heterocycles. The third kappa shape index (κ3) is 3.47. The van der Waals surface area contributed by atoms with Gasteiger partial charge in [0.25, 0.3) is 5.91 Å². The molecule has 0 atom stereocenters. The standard InChI is InChI=1S/C12H15N3O3S/c1-19(17,18)5-4-14-12(16)11-7-8-6-9(13)2-3-10(8)15-11/h2-3,6-7,15H,4-5,13H2,1H3,(H,14,16). The molecule has 0 spiro atoms. The second-order valence-corrected chi connectivity index (χ2v) is 6.68. The van der Waals surface area contributed by atoms with Crippen LogP contribution in [0, 0.1) is 0 Å². The summed E-state index contributed by atoms with van der Waals surface area (Å²) in [5.74, 6) is -0.412. The van der Waals surface area contributed by atoms with Crippen LogP contribution in [0.15, 0.2) is 24.3 Å². The Labute approximate surface area is 110 Å². The first-order valence-electron chi connectivity index (χ1n) is 5.69. The molecule has 0 saturated heterocycles. The zero-order chi connectivity index (χ0) is 14.0. The van der Waals surface area contributed by atoms with Crippen LogP contribution in [0.4, 0.5) is 5.69 Å². The van der Waals surface area contributed by atoms with E-state index in [4.69, 9.17) is 5.73 Å². The number of H-pyrrole nitrogens is 1. The largest absolute Gasteiger partial charge is 0.399 e. The third-order valence-electron chi connectivity index (χ3n) is 2.65. The molecule has 0 fully saturated rings. The highest BCUT2D eigenvalue weighted by Gasteiger charge is 2.10. The van der Waals surface area contributed by atoms with Crippen LogP contribution < -0.4 is 11.1 Å². The van der Waals surface area contributed by atoms with Gasteiger partial charge < -0.3 is 16.0 Å². The molecule has 102 valence electrons. The zero-order valence-corrected chi connectivity index (χ0v) is 11.3. The summed E-state index contributed by atoms with van der Waals surface area (Å²) < 4.78 is 21.9. The fourth-order valence-electron chi connectivity index (χ4n) is 1.72. The van der Waals surface area contributed by atoms with E-state index in [0.29, 0.717) is 11.4 Å². The lowest BCUT2D eigenvalue weighted by atomic mass is 10.2. The average Bonchev–Trinajstić information content (AvgIpc) is 2.70. The van der Waals surface area contributed by atoms with Crippen molar-refractivity contribution in [1.29, 1.82) is 0 Å². The number of carbonyl (C=O) groups excluding carboxylic acids is 1. The van der Waals surface area contributed by atoms with Crippen LogP contribution in [0.1, 0.15) is 10.5 Å². The first-order chi connectivity index (χ1) is 8.85. The maximum Gasteiger partial charge on any atom is 0.267 e. The molecule has 2 rings (SSSR count). The molecule has 0 radical (unpaired) electrons. The molecule has 0 bridgehead atoms. The number of anilines is 1. The van der Waals surface area contributed by atoms with Crippen molar-refractivity contribution in [3.05, 3.63) is 30.0 Å². The predicted octanol–water partition coefficient (Wildman–Crippen LogP) is 0.524. The maximum absolute atomic E-state index is 11.8. The number of fused-ring (bicyclic) bond motifs is 1. The van der Waals surface area contributed by atoms with Gasteiger partial charge in [-0.05, 0) is 24.3 Å². The van der Waals surface area contributed by atoms with Gasteiger partial charge in [-0.2, -0.15) is 0 Å². The van der Waals surface area contributed by atoms with E-state index in [1.807, 2.05) is 0 Å². The van der Waals surface area contributed by atoms with Crippen molar-refractivity contribution in [2.75, 3.05) is 24.3 Å². The minimum Gasteiger partial charge on any atom is -0.399 e. The van der Waals surface area contributed by atoms with Crippen LogP contribution >= 0.6 is 0 Å². The minimum absolute atomic E-state index is 0.0775. The molecular formula is C12H15N3O3S. The Morgan fingerprint density at radius 1 is 1.37 bits per heavy atom. The summed E-state index contributed by atoms with van der Waals surface area (Å²) in [7, 11) is -3.07. The van der Waals surface area contributed by atoms with Gasteiger partial charge >= 0.3 is 0 Å². The molecule has 0 aliphatic rings. The predicted molar refractivity (Wildman–Crippen MR) is 74.8 cm³/mol. The number of hydrogen-bond donors (Lipinski definition) is 3.